The number of anilines is 1. The van der Waals surface area contributed by atoms with Crippen LogP contribution in [0.4, 0.5) is 5.00 Å². The summed E-state index contributed by atoms with van der Waals surface area (Å²) in [6.45, 7) is 8.64. The highest BCUT2D eigenvalue weighted by molar-refractivity contribution is 7.16. The fourth-order valence-electron chi connectivity index (χ4n) is 2.50. The number of aryl methyl sites for hydroxylation is 1. The molecule has 6 heteroatoms. The molecule has 1 aromatic heterocycles. The first-order chi connectivity index (χ1) is 13.5. The quantitative estimate of drug-likeness (QED) is 0.348. The van der Waals surface area contributed by atoms with Crippen LogP contribution in [0, 0.1) is 13.8 Å². The molecule has 1 N–H and O–H groups in total. The van der Waals surface area contributed by atoms with Gasteiger partial charge in [0, 0.05) is 11.0 Å². The van der Waals surface area contributed by atoms with Crippen LogP contribution in [-0.2, 0) is 9.53 Å². The summed E-state index contributed by atoms with van der Waals surface area (Å²) in [6.07, 6.45) is 5.29. The van der Waals surface area contributed by atoms with E-state index in [0.29, 0.717) is 23.8 Å². The minimum absolute atomic E-state index is 0.290. The molecule has 28 heavy (non-hydrogen) atoms. The zero-order valence-corrected chi connectivity index (χ0v) is 17.7. The predicted octanol–water partition coefficient (Wildman–Crippen LogP) is 5.37. The largest absolute Gasteiger partial charge is 0.494 e. The average Bonchev–Trinajstić information content (AvgIpc) is 2.95. The van der Waals surface area contributed by atoms with Gasteiger partial charge >= 0.3 is 5.97 Å². The third-order valence-corrected chi connectivity index (χ3v) is 5.30. The van der Waals surface area contributed by atoms with Crippen molar-refractivity contribution in [3.63, 3.8) is 0 Å². The van der Waals surface area contributed by atoms with Crippen molar-refractivity contribution in [3.05, 3.63) is 51.9 Å². The standard InChI is InChI=1S/C22H27NO4S/c1-5-7-14-27-18-11-8-17(9-12-18)10-13-19(24)23-21-20(22(25)26-6-2)15(3)16(4)28-21/h8-13H,5-7,14H2,1-4H3,(H,23,24). The van der Waals surface area contributed by atoms with Crippen LogP contribution in [0.2, 0.25) is 0 Å². The first kappa shape index (κ1) is 21.7. The number of ether oxygens (including phenoxy) is 2. The molecule has 0 aliphatic carbocycles. The zero-order chi connectivity index (χ0) is 20.5. The Balaban J connectivity index is 2.02. The SMILES string of the molecule is CCCCOc1ccc(C=CC(=O)Nc2sc(C)c(C)c2C(=O)OCC)cc1. The van der Waals surface area contributed by atoms with Gasteiger partial charge in [0.15, 0.2) is 0 Å². The van der Waals surface area contributed by atoms with Gasteiger partial charge in [-0.25, -0.2) is 4.79 Å². The molecule has 0 fully saturated rings. The first-order valence-electron chi connectivity index (χ1n) is 9.45. The summed E-state index contributed by atoms with van der Waals surface area (Å²) in [5.74, 6) is 0.107. The number of rotatable bonds is 9. The van der Waals surface area contributed by atoms with Crippen LogP contribution in [0.1, 0.15) is 53.1 Å². The monoisotopic (exact) mass is 401 g/mol. The van der Waals surface area contributed by atoms with E-state index in [-0.39, 0.29) is 5.91 Å². The van der Waals surface area contributed by atoms with Crippen molar-refractivity contribution < 1.29 is 19.1 Å². The molecule has 2 rings (SSSR count). The van der Waals surface area contributed by atoms with E-state index in [1.54, 1.807) is 13.0 Å². The van der Waals surface area contributed by atoms with E-state index in [4.69, 9.17) is 9.47 Å². The molecule has 5 nitrogen and oxygen atoms in total. The van der Waals surface area contributed by atoms with Gasteiger partial charge in [0.25, 0.3) is 0 Å². The van der Waals surface area contributed by atoms with Crippen molar-refractivity contribution in [1.82, 2.24) is 0 Å². The molecule has 0 aliphatic rings. The summed E-state index contributed by atoms with van der Waals surface area (Å²) in [4.78, 5) is 25.5. The molecule has 0 saturated heterocycles. The Morgan fingerprint density at radius 1 is 1.14 bits per heavy atom. The number of nitrogens with one attached hydrogen (secondary N) is 1. The molecule has 0 unspecified atom stereocenters. The molecular formula is C22H27NO4S. The molecule has 1 aromatic carbocycles. The van der Waals surface area contributed by atoms with Crippen LogP contribution < -0.4 is 10.1 Å². The molecule has 2 aromatic rings. The second-order valence-electron chi connectivity index (χ2n) is 6.30. The van der Waals surface area contributed by atoms with Crippen LogP contribution in [-0.4, -0.2) is 25.1 Å². The van der Waals surface area contributed by atoms with Crippen LogP contribution in [0.15, 0.2) is 30.3 Å². The van der Waals surface area contributed by atoms with Crippen molar-refractivity contribution in [1.29, 1.82) is 0 Å². The summed E-state index contributed by atoms with van der Waals surface area (Å²) in [5, 5.41) is 3.31. The fraction of sp³-hybridized carbons (Fsp3) is 0.364. The second kappa shape index (κ2) is 10.7. The minimum Gasteiger partial charge on any atom is -0.494 e. The van der Waals surface area contributed by atoms with Crippen molar-refractivity contribution >= 4 is 34.3 Å². The van der Waals surface area contributed by atoms with Crippen molar-refractivity contribution in [3.8, 4) is 5.75 Å². The Morgan fingerprint density at radius 2 is 1.86 bits per heavy atom. The van der Waals surface area contributed by atoms with Gasteiger partial charge < -0.3 is 14.8 Å². The van der Waals surface area contributed by atoms with Crippen molar-refractivity contribution in [2.75, 3.05) is 18.5 Å². The number of hydrogen-bond donors (Lipinski definition) is 1. The topological polar surface area (TPSA) is 64.6 Å². The molecule has 1 amide bonds. The van der Waals surface area contributed by atoms with Gasteiger partial charge in [0.1, 0.15) is 10.8 Å². The van der Waals surface area contributed by atoms with E-state index in [0.717, 1.165) is 34.6 Å². The van der Waals surface area contributed by atoms with Crippen molar-refractivity contribution in [2.24, 2.45) is 0 Å². The lowest BCUT2D eigenvalue weighted by molar-refractivity contribution is -0.111. The number of thiophene rings is 1. The molecule has 0 radical (unpaired) electrons. The summed E-state index contributed by atoms with van der Waals surface area (Å²) in [7, 11) is 0. The van der Waals surface area contributed by atoms with E-state index < -0.39 is 5.97 Å². The van der Waals surface area contributed by atoms with Crippen LogP contribution in [0.5, 0.6) is 5.75 Å². The van der Waals surface area contributed by atoms with E-state index in [1.165, 1.54) is 17.4 Å². The lowest BCUT2D eigenvalue weighted by atomic mass is 10.1. The van der Waals surface area contributed by atoms with Crippen LogP contribution in [0.3, 0.4) is 0 Å². The normalized spacial score (nSPS) is 10.9. The number of carbonyl (C=O) groups excluding carboxylic acids is 2. The Labute approximate surface area is 170 Å². The summed E-state index contributed by atoms with van der Waals surface area (Å²) >= 11 is 1.37. The molecule has 150 valence electrons. The minimum atomic E-state index is -0.415. The number of amides is 1. The summed E-state index contributed by atoms with van der Waals surface area (Å²) < 4.78 is 10.7. The van der Waals surface area contributed by atoms with E-state index >= 15 is 0 Å². The second-order valence-corrected chi connectivity index (χ2v) is 7.53. The summed E-state index contributed by atoms with van der Waals surface area (Å²) in [6, 6.07) is 7.57. The number of benzene rings is 1. The Bertz CT molecular complexity index is 837. The number of carbonyl (C=O) groups is 2. The molecule has 0 bridgehead atoms. The van der Waals surface area contributed by atoms with Gasteiger partial charge in [0.2, 0.25) is 5.91 Å². The highest BCUT2D eigenvalue weighted by atomic mass is 32.1. The van der Waals surface area contributed by atoms with Gasteiger partial charge in [0.05, 0.1) is 18.8 Å². The van der Waals surface area contributed by atoms with Crippen LogP contribution in [0.25, 0.3) is 6.08 Å². The highest BCUT2D eigenvalue weighted by Gasteiger charge is 2.21. The van der Waals surface area contributed by atoms with Crippen molar-refractivity contribution in [2.45, 2.75) is 40.5 Å². The van der Waals surface area contributed by atoms with Gasteiger partial charge in [-0.3, -0.25) is 4.79 Å². The Kier molecular flexibility index (Phi) is 8.26. The molecule has 0 atom stereocenters. The third-order valence-electron chi connectivity index (χ3n) is 4.18. The predicted molar refractivity (Wildman–Crippen MR) is 114 cm³/mol. The van der Waals surface area contributed by atoms with E-state index in [1.807, 2.05) is 38.1 Å². The maximum absolute atomic E-state index is 12.3. The van der Waals surface area contributed by atoms with Gasteiger partial charge in [-0.05, 0) is 56.5 Å². The lowest BCUT2D eigenvalue weighted by Crippen LogP contribution is -2.12. The molecular weight excluding hydrogens is 374 g/mol. The summed E-state index contributed by atoms with van der Waals surface area (Å²) in [5.41, 5.74) is 2.16. The molecule has 0 aliphatic heterocycles. The third kappa shape index (κ3) is 5.96. The lowest BCUT2D eigenvalue weighted by Gasteiger charge is -2.06. The molecule has 0 spiro atoms. The Hall–Kier alpha value is -2.60. The Morgan fingerprint density at radius 3 is 2.50 bits per heavy atom. The molecule has 1 heterocycles. The molecule has 0 saturated carbocycles. The smallest absolute Gasteiger partial charge is 0.341 e. The number of esters is 1. The van der Waals surface area contributed by atoms with Gasteiger partial charge in [-0.15, -0.1) is 11.3 Å². The van der Waals surface area contributed by atoms with Gasteiger partial charge in [-0.2, -0.15) is 0 Å². The van der Waals surface area contributed by atoms with E-state index in [2.05, 4.69) is 12.2 Å². The van der Waals surface area contributed by atoms with E-state index in [9.17, 15) is 9.59 Å². The number of unbranched alkanes of at least 4 members (excludes halogenated alkanes) is 1. The maximum atomic E-state index is 12.3. The van der Waals surface area contributed by atoms with Gasteiger partial charge in [-0.1, -0.05) is 25.5 Å². The zero-order valence-electron chi connectivity index (χ0n) is 16.8. The average molecular weight is 402 g/mol. The highest BCUT2D eigenvalue weighted by Crippen LogP contribution is 2.33. The first-order valence-corrected chi connectivity index (χ1v) is 10.3. The van der Waals surface area contributed by atoms with Crippen LogP contribution >= 0.6 is 11.3 Å². The maximum Gasteiger partial charge on any atom is 0.341 e. The number of hydrogen-bond acceptors (Lipinski definition) is 5. The fourth-order valence-corrected chi connectivity index (χ4v) is 3.55.